The van der Waals surface area contributed by atoms with E-state index in [4.69, 9.17) is 5.73 Å². The van der Waals surface area contributed by atoms with E-state index >= 15 is 0 Å². The molecule has 0 spiro atoms. The molecule has 18 heavy (non-hydrogen) atoms. The zero-order valence-corrected chi connectivity index (χ0v) is 12.4. The molecule has 0 aromatic carbocycles. The molecule has 0 saturated heterocycles. The van der Waals surface area contributed by atoms with E-state index in [0.29, 0.717) is 16.7 Å². The summed E-state index contributed by atoms with van der Waals surface area (Å²) >= 11 is 1.93. The first-order valence-corrected chi connectivity index (χ1v) is 7.67. The SMILES string of the molecule is CC(C)(C)C1CCC(N)C(Sc2ccncc2)C1. The van der Waals surface area contributed by atoms with Crippen molar-refractivity contribution >= 4 is 11.8 Å². The molecule has 0 bridgehead atoms. The van der Waals surface area contributed by atoms with Crippen LogP contribution >= 0.6 is 11.8 Å². The summed E-state index contributed by atoms with van der Waals surface area (Å²) in [4.78, 5) is 5.36. The van der Waals surface area contributed by atoms with Gasteiger partial charge in [0.05, 0.1) is 0 Å². The van der Waals surface area contributed by atoms with Crippen LogP contribution in [0, 0.1) is 11.3 Å². The highest BCUT2D eigenvalue weighted by molar-refractivity contribution is 8.00. The Kier molecular flexibility index (Phi) is 4.33. The quantitative estimate of drug-likeness (QED) is 0.885. The normalized spacial score (nSPS) is 29.2. The first-order valence-electron chi connectivity index (χ1n) is 6.79. The number of nitrogens with zero attached hydrogens (tertiary/aromatic N) is 1. The second-order valence-electron chi connectivity index (χ2n) is 6.38. The van der Waals surface area contributed by atoms with Crippen molar-refractivity contribution in [3.05, 3.63) is 24.5 Å². The Balaban J connectivity index is 2.02. The van der Waals surface area contributed by atoms with Crippen molar-refractivity contribution in [2.75, 3.05) is 0 Å². The van der Waals surface area contributed by atoms with E-state index in [9.17, 15) is 0 Å². The molecule has 0 amide bonds. The van der Waals surface area contributed by atoms with Crippen molar-refractivity contribution in [3.63, 3.8) is 0 Å². The maximum Gasteiger partial charge on any atom is 0.0278 e. The van der Waals surface area contributed by atoms with Crippen LogP contribution in [-0.4, -0.2) is 16.3 Å². The molecular weight excluding hydrogens is 240 g/mol. The first kappa shape index (κ1) is 13.9. The van der Waals surface area contributed by atoms with Gasteiger partial charge in [0, 0.05) is 28.6 Å². The van der Waals surface area contributed by atoms with E-state index in [2.05, 4.69) is 37.9 Å². The van der Waals surface area contributed by atoms with Crippen LogP contribution in [0.25, 0.3) is 0 Å². The highest BCUT2D eigenvalue weighted by Gasteiger charge is 2.34. The maximum absolute atomic E-state index is 6.30. The zero-order valence-electron chi connectivity index (χ0n) is 11.6. The van der Waals surface area contributed by atoms with E-state index in [-0.39, 0.29) is 0 Å². The summed E-state index contributed by atoms with van der Waals surface area (Å²) in [6.07, 6.45) is 7.39. The topological polar surface area (TPSA) is 38.9 Å². The Labute approximate surface area is 115 Å². The summed E-state index contributed by atoms with van der Waals surface area (Å²) in [5.41, 5.74) is 6.70. The highest BCUT2D eigenvalue weighted by atomic mass is 32.2. The monoisotopic (exact) mass is 264 g/mol. The van der Waals surface area contributed by atoms with E-state index < -0.39 is 0 Å². The van der Waals surface area contributed by atoms with E-state index in [1.165, 1.54) is 17.7 Å². The number of thioether (sulfide) groups is 1. The fourth-order valence-electron chi connectivity index (χ4n) is 2.67. The van der Waals surface area contributed by atoms with Gasteiger partial charge < -0.3 is 5.73 Å². The molecular formula is C15H24N2S. The zero-order chi connectivity index (χ0) is 13.2. The summed E-state index contributed by atoms with van der Waals surface area (Å²) in [7, 11) is 0. The van der Waals surface area contributed by atoms with E-state index in [0.717, 1.165) is 12.3 Å². The van der Waals surface area contributed by atoms with Crippen LogP contribution < -0.4 is 5.73 Å². The molecule has 2 rings (SSSR count). The van der Waals surface area contributed by atoms with Crippen LogP contribution in [0.15, 0.2) is 29.4 Å². The van der Waals surface area contributed by atoms with Crippen LogP contribution in [0.3, 0.4) is 0 Å². The van der Waals surface area contributed by atoms with Crippen molar-refractivity contribution in [3.8, 4) is 0 Å². The molecule has 3 atom stereocenters. The first-order chi connectivity index (χ1) is 8.47. The minimum atomic E-state index is 0.335. The van der Waals surface area contributed by atoms with Gasteiger partial charge in [-0.3, -0.25) is 4.98 Å². The number of aromatic nitrogens is 1. The summed E-state index contributed by atoms with van der Waals surface area (Å²) < 4.78 is 0. The summed E-state index contributed by atoms with van der Waals surface area (Å²) in [6.45, 7) is 7.05. The predicted octanol–water partition coefficient (Wildman–Crippen LogP) is 3.72. The predicted molar refractivity (Wildman–Crippen MR) is 78.7 cm³/mol. The number of pyridine rings is 1. The van der Waals surface area contributed by atoms with Gasteiger partial charge in [-0.15, -0.1) is 11.8 Å². The molecule has 2 N–H and O–H groups in total. The smallest absolute Gasteiger partial charge is 0.0278 e. The Morgan fingerprint density at radius 1 is 1.22 bits per heavy atom. The largest absolute Gasteiger partial charge is 0.327 e. The molecule has 1 aromatic heterocycles. The van der Waals surface area contributed by atoms with E-state index in [1.807, 2.05) is 24.2 Å². The molecule has 100 valence electrons. The van der Waals surface area contributed by atoms with Gasteiger partial charge in [-0.05, 0) is 42.7 Å². The summed E-state index contributed by atoms with van der Waals surface area (Å²) in [5.74, 6) is 0.789. The Morgan fingerprint density at radius 2 is 1.89 bits per heavy atom. The molecule has 1 heterocycles. The van der Waals surface area contributed by atoms with Crippen molar-refractivity contribution in [2.24, 2.45) is 17.1 Å². The van der Waals surface area contributed by atoms with Crippen molar-refractivity contribution < 1.29 is 0 Å². The van der Waals surface area contributed by atoms with Gasteiger partial charge >= 0.3 is 0 Å². The standard InChI is InChI=1S/C15H24N2S/c1-15(2,3)11-4-5-13(16)14(10-11)18-12-6-8-17-9-7-12/h6-9,11,13-14H,4-5,10,16H2,1-3H3. The second kappa shape index (κ2) is 5.62. The van der Waals surface area contributed by atoms with Gasteiger partial charge in [0.25, 0.3) is 0 Å². The lowest BCUT2D eigenvalue weighted by atomic mass is 9.71. The Morgan fingerprint density at radius 3 is 2.50 bits per heavy atom. The fourth-order valence-corrected chi connectivity index (χ4v) is 3.93. The fraction of sp³-hybridized carbons (Fsp3) is 0.667. The third-order valence-electron chi connectivity index (χ3n) is 4.00. The molecule has 2 nitrogen and oxygen atoms in total. The number of nitrogens with two attached hydrogens (primary N) is 1. The number of hydrogen-bond acceptors (Lipinski definition) is 3. The number of rotatable bonds is 2. The lowest BCUT2D eigenvalue weighted by Crippen LogP contribution is -2.41. The summed E-state index contributed by atoms with van der Waals surface area (Å²) in [6, 6.07) is 4.50. The molecule has 0 aliphatic heterocycles. The third kappa shape index (κ3) is 3.48. The van der Waals surface area contributed by atoms with Gasteiger partial charge in [0.2, 0.25) is 0 Å². The molecule has 3 heteroatoms. The Bertz CT molecular complexity index is 372. The summed E-state index contributed by atoms with van der Waals surface area (Å²) in [5, 5.41) is 0.547. The maximum atomic E-state index is 6.30. The van der Waals surface area contributed by atoms with Crippen LogP contribution in [0.5, 0.6) is 0 Å². The number of hydrogen-bond donors (Lipinski definition) is 1. The van der Waals surface area contributed by atoms with Crippen molar-refractivity contribution in [1.29, 1.82) is 0 Å². The average Bonchev–Trinajstić information content (AvgIpc) is 2.32. The van der Waals surface area contributed by atoms with Crippen LogP contribution in [0.1, 0.15) is 40.0 Å². The van der Waals surface area contributed by atoms with Gasteiger partial charge in [-0.2, -0.15) is 0 Å². The highest BCUT2D eigenvalue weighted by Crippen LogP contribution is 2.42. The van der Waals surface area contributed by atoms with Gasteiger partial charge in [0.15, 0.2) is 0 Å². The van der Waals surface area contributed by atoms with Gasteiger partial charge in [-0.25, -0.2) is 0 Å². The third-order valence-corrected chi connectivity index (χ3v) is 5.39. The average molecular weight is 264 g/mol. The van der Waals surface area contributed by atoms with Crippen LogP contribution in [-0.2, 0) is 0 Å². The molecule has 1 aliphatic rings. The minimum Gasteiger partial charge on any atom is -0.327 e. The van der Waals surface area contributed by atoms with Gasteiger partial charge in [-0.1, -0.05) is 20.8 Å². The molecule has 3 unspecified atom stereocenters. The molecule has 1 aromatic rings. The molecule has 0 radical (unpaired) electrons. The van der Waals surface area contributed by atoms with Crippen molar-refractivity contribution in [1.82, 2.24) is 4.98 Å². The van der Waals surface area contributed by atoms with Crippen LogP contribution in [0.2, 0.25) is 0 Å². The van der Waals surface area contributed by atoms with Crippen molar-refractivity contribution in [2.45, 2.75) is 56.2 Å². The minimum absolute atomic E-state index is 0.335. The second-order valence-corrected chi connectivity index (χ2v) is 7.69. The van der Waals surface area contributed by atoms with Crippen LogP contribution in [0.4, 0.5) is 0 Å². The van der Waals surface area contributed by atoms with E-state index in [1.54, 1.807) is 0 Å². The lowest BCUT2D eigenvalue weighted by molar-refractivity contribution is 0.174. The van der Waals surface area contributed by atoms with Gasteiger partial charge in [0.1, 0.15) is 0 Å². The Hall–Kier alpha value is -0.540. The molecule has 1 fully saturated rings. The molecule has 1 saturated carbocycles. The molecule has 1 aliphatic carbocycles. The lowest BCUT2D eigenvalue weighted by Gasteiger charge is -2.40.